The minimum absolute atomic E-state index is 0.0329. The van der Waals surface area contributed by atoms with Crippen molar-refractivity contribution >= 4 is 44.7 Å². The van der Waals surface area contributed by atoms with Crippen molar-refractivity contribution in [3.8, 4) is 34.1 Å². The number of hydrogen-bond acceptors (Lipinski definition) is 4. The van der Waals surface area contributed by atoms with E-state index in [2.05, 4.69) is 0 Å². The van der Waals surface area contributed by atoms with E-state index < -0.39 is 0 Å². The molecule has 0 fully saturated rings. The molecule has 0 saturated carbocycles. The molecule has 4 nitrogen and oxygen atoms in total. The van der Waals surface area contributed by atoms with Gasteiger partial charge in [0.15, 0.2) is 0 Å². The lowest BCUT2D eigenvalue weighted by Gasteiger charge is -2.18. The zero-order chi connectivity index (χ0) is 22.8. The highest BCUT2D eigenvalue weighted by atomic mass is 35.5. The van der Waals surface area contributed by atoms with E-state index in [1.807, 2.05) is 13.8 Å². The molecular weight excluding hydrogens is 447 g/mol. The van der Waals surface area contributed by atoms with E-state index >= 15 is 0 Å². The smallest absolute Gasteiger partial charge is 0.131 e. The quantitative estimate of drug-likeness (QED) is 0.287. The first kappa shape index (κ1) is 22.4. The minimum atomic E-state index is 0.0329. The van der Waals surface area contributed by atoms with Gasteiger partial charge in [-0.15, -0.1) is 0 Å². The molecule has 0 heterocycles. The topological polar surface area (TPSA) is 58.9 Å². The molecule has 0 aliphatic carbocycles. The van der Waals surface area contributed by atoms with Crippen LogP contribution in [0.3, 0.4) is 0 Å². The Morgan fingerprint density at radius 3 is 1.41 bits per heavy atom. The van der Waals surface area contributed by atoms with Gasteiger partial charge >= 0.3 is 0 Å². The predicted molar refractivity (Wildman–Crippen MR) is 132 cm³/mol. The molecule has 0 amide bonds. The molecule has 4 aromatic carbocycles. The van der Waals surface area contributed by atoms with Crippen LogP contribution < -0.4 is 9.47 Å². The fourth-order valence-electron chi connectivity index (χ4n) is 3.77. The van der Waals surface area contributed by atoms with Crippen LogP contribution in [0.25, 0.3) is 32.7 Å². The monoisotopic (exact) mass is 470 g/mol. The molecule has 0 aliphatic heterocycles. The maximum absolute atomic E-state index is 11.2. The van der Waals surface area contributed by atoms with Gasteiger partial charge in [-0.1, -0.05) is 37.0 Å². The van der Waals surface area contributed by atoms with Crippen molar-refractivity contribution in [2.24, 2.45) is 0 Å². The van der Waals surface area contributed by atoms with Gasteiger partial charge in [-0.3, -0.25) is 0 Å². The number of phenolic OH excluding ortho intramolecular Hbond substituents is 2. The summed E-state index contributed by atoms with van der Waals surface area (Å²) in [5.74, 6) is 1.24. The number of halogens is 2. The van der Waals surface area contributed by atoms with Crippen molar-refractivity contribution in [3.05, 3.63) is 58.6 Å². The average Bonchev–Trinajstić information content (AvgIpc) is 2.78. The van der Waals surface area contributed by atoms with Gasteiger partial charge in [0, 0.05) is 42.7 Å². The fourth-order valence-corrected chi connectivity index (χ4v) is 4.12. The molecule has 0 saturated heterocycles. The zero-order valence-electron chi connectivity index (χ0n) is 17.9. The molecule has 0 spiro atoms. The SMILES string of the molecule is CCCOc1cc(-c2cc(OCCC)c3cc(Cl)ccc3c2O)c(O)c2ccc(Cl)cc12. The summed E-state index contributed by atoms with van der Waals surface area (Å²) >= 11 is 12.4. The highest BCUT2D eigenvalue weighted by Gasteiger charge is 2.20. The van der Waals surface area contributed by atoms with Crippen LogP contribution in [0, 0.1) is 0 Å². The number of ether oxygens (including phenoxy) is 2. The lowest BCUT2D eigenvalue weighted by atomic mass is 9.95. The fraction of sp³-hybridized carbons (Fsp3) is 0.231. The number of phenols is 2. The van der Waals surface area contributed by atoms with Gasteiger partial charge < -0.3 is 19.7 Å². The van der Waals surface area contributed by atoms with E-state index in [0.717, 1.165) is 12.8 Å². The van der Waals surface area contributed by atoms with Gasteiger partial charge in [0.1, 0.15) is 23.0 Å². The zero-order valence-corrected chi connectivity index (χ0v) is 19.4. The van der Waals surface area contributed by atoms with Crippen LogP contribution in [-0.2, 0) is 0 Å². The summed E-state index contributed by atoms with van der Waals surface area (Å²) in [6, 6.07) is 14.0. The second kappa shape index (κ2) is 9.35. The van der Waals surface area contributed by atoms with Gasteiger partial charge in [0.2, 0.25) is 0 Å². The second-order valence-corrected chi connectivity index (χ2v) is 8.49. The van der Waals surface area contributed by atoms with Crippen LogP contribution in [-0.4, -0.2) is 23.4 Å². The third-order valence-electron chi connectivity index (χ3n) is 5.28. The molecule has 4 rings (SSSR count). The Morgan fingerprint density at radius 2 is 1.03 bits per heavy atom. The van der Waals surface area contributed by atoms with Crippen molar-refractivity contribution in [2.75, 3.05) is 13.2 Å². The summed E-state index contributed by atoms with van der Waals surface area (Å²) in [6.07, 6.45) is 1.66. The Balaban J connectivity index is 2.02. The van der Waals surface area contributed by atoms with Crippen LogP contribution in [0.15, 0.2) is 48.5 Å². The Labute approximate surface area is 196 Å². The lowest BCUT2D eigenvalue weighted by molar-refractivity contribution is 0.320. The van der Waals surface area contributed by atoms with Crippen molar-refractivity contribution in [1.82, 2.24) is 0 Å². The van der Waals surface area contributed by atoms with E-state index in [1.165, 1.54) is 0 Å². The molecule has 2 N–H and O–H groups in total. The lowest BCUT2D eigenvalue weighted by Crippen LogP contribution is -1.98. The Hall–Kier alpha value is -2.82. The summed E-state index contributed by atoms with van der Waals surface area (Å²) in [7, 11) is 0. The summed E-state index contributed by atoms with van der Waals surface area (Å²) in [5, 5.41) is 26.1. The normalized spacial score (nSPS) is 11.2. The summed E-state index contributed by atoms with van der Waals surface area (Å²) in [4.78, 5) is 0. The van der Waals surface area contributed by atoms with Crippen molar-refractivity contribution < 1.29 is 19.7 Å². The Kier molecular flexibility index (Phi) is 6.54. The molecule has 0 radical (unpaired) electrons. The molecule has 4 aromatic rings. The number of aromatic hydroxyl groups is 2. The first-order chi connectivity index (χ1) is 15.4. The van der Waals surface area contributed by atoms with E-state index in [0.29, 0.717) is 67.4 Å². The predicted octanol–water partition coefficient (Wildman–Crippen LogP) is 7.96. The van der Waals surface area contributed by atoms with Gasteiger partial charge in [-0.2, -0.15) is 0 Å². The Bertz CT molecular complexity index is 1200. The molecule has 0 aromatic heterocycles. The summed E-state index contributed by atoms with van der Waals surface area (Å²) < 4.78 is 12.0. The Morgan fingerprint density at radius 1 is 0.625 bits per heavy atom. The largest absolute Gasteiger partial charge is 0.507 e. The molecular formula is C26H24Cl2O4. The van der Waals surface area contributed by atoms with Crippen LogP contribution in [0.5, 0.6) is 23.0 Å². The molecule has 0 bridgehead atoms. The van der Waals surface area contributed by atoms with Crippen molar-refractivity contribution in [1.29, 1.82) is 0 Å². The van der Waals surface area contributed by atoms with Crippen molar-refractivity contribution in [3.63, 3.8) is 0 Å². The summed E-state index contributed by atoms with van der Waals surface area (Å²) in [6.45, 7) is 5.07. The van der Waals surface area contributed by atoms with Crippen LogP contribution in [0.2, 0.25) is 10.0 Å². The van der Waals surface area contributed by atoms with Crippen LogP contribution in [0.1, 0.15) is 26.7 Å². The van der Waals surface area contributed by atoms with E-state index in [1.54, 1.807) is 48.5 Å². The van der Waals surface area contributed by atoms with Crippen LogP contribution >= 0.6 is 23.2 Å². The standard InChI is InChI=1S/C26H24Cl2O4/c1-3-9-31-23-13-21(25(29)17-7-5-15(27)11-19(17)23)22-14-24(32-10-4-2)20-12-16(28)6-8-18(20)26(22)30/h5-8,11-14,29-30H,3-4,9-10H2,1-2H3. The maximum atomic E-state index is 11.2. The average molecular weight is 471 g/mol. The maximum Gasteiger partial charge on any atom is 0.131 e. The van der Waals surface area contributed by atoms with E-state index in [-0.39, 0.29) is 11.5 Å². The molecule has 0 atom stereocenters. The molecule has 0 aliphatic rings. The molecule has 32 heavy (non-hydrogen) atoms. The molecule has 6 heteroatoms. The molecule has 0 unspecified atom stereocenters. The highest BCUT2D eigenvalue weighted by Crippen LogP contribution is 2.48. The van der Waals surface area contributed by atoms with Crippen LogP contribution in [0.4, 0.5) is 0 Å². The van der Waals surface area contributed by atoms with E-state index in [9.17, 15) is 10.2 Å². The molecule has 166 valence electrons. The third-order valence-corrected chi connectivity index (χ3v) is 5.75. The number of rotatable bonds is 7. The summed E-state index contributed by atoms with van der Waals surface area (Å²) in [5.41, 5.74) is 0.892. The minimum Gasteiger partial charge on any atom is -0.507 e. The number of fused-ring (bicyclic) bond motifs is 2. The van der Waals surface area contributed by atoms with Gasteiger partial charge in [-0.25, -0.2) is 0 Å². The first-order valence-electron chi connectivity index (χ1n) is 10.6. The first-order valence-corrected chi connectivity index (χ1v) is 11.4. The van der Waals surface area contributed by atoms with Gasteiger partial charge in [-0.05, 0) is 61.4 Å². The van der Waals surface area contributed by atoms with E-state index in [4.69, 9.17) is 32.7 Å². The second-order valence-electron chi connectivity index (χ2n) is 7.62. The van der Waals surface area contributed by atoms with Gasteiger partial charge in [0.05, 0.1) is 13.2 Å². The third kappa shape index (κ3) is 4.13. The highest BCUT2D eigenvalue weighted by molar-refractivity contribution is 6.32. The number of benzene rings is 4. The van der Waals surface area contributed by atoms with Crippen molar-refractivity contribution in [2.45, 2.75) is 26.7 Å². The van der Waals surface area contributed by atoms with Gasteiger partial charge in [0.25, 0.3) is 0 Å². The number of hydrogen-bond donors (Lipinski definition) is 2.